The average molecular weight is 446 g/mol. The Morgan fingerprint density at radius 2 is 2.03 bits per heavy atom. The molecule has 8 nitrogen and oxygen atoms in total. The zero-order valence-electron chi connectivity index (χ0n) is 18.1. The highest BCUT2D eigenvalue weighted by atomic mass is 32.1. The summed E-state index contributed by atoms with van der Waals surface area (Å²) in [4.78, 5) is 46.2. The molecular weight excluding hydrogens is 414 g/mol. The number of hydrogen-bond donors (Lipinski definition) is 2. The maximum Gasteiger partial charge on any atom is 0.262 e. The minimum Gasteiger partial charge on any atom is -0.354 e. The molecule has 168 valence electrons. The average Bonchev–Trinajstić information content (AvgIpc) is 3.38. The highest BCUT2D eigenvalue weighted by molar-refractivity contribution is 7.18. The summed E-state index contributed by atoms with van der Waals surface area (Å²) in [6, 6.07) is 0.417. The number of likely N-dealkylation sites (N-methyl/N-ethyl adjacent to an activating group) is 1. The summed E-state index contributed by atoms with van der Waals surface area (Å²) in [5, 5.41) is 6.40. The Morgan fingerprint density at radius 3 is 2.87 bits per heavy atom. The third-order valence-electron chi connectivity index (χ3n) is 6.37. The number of aryl methyl sites for hydroxylation is 2. The Labute approximate surface area is 186 Å². The van der Waals surface area contributed by atoms with E-state index in [1.165, 1.54) is 22.2 Å². The fourth-order valence-corrected chi connectivity index (χ4v) is 5.90. The van der Waals surface area contributed by atoms with Crippen molar-refractivity contribution in [1.29, 1.82) is 0 Å². The molecule has 1 aliphatic carbocycles. The van der Waals surface area contributed by atoms with Gasteiger partial charge in [0.25, 0.3) is 5.56 Å². The molecule has 4 rings (SSSR count). The van der Waals surface area contributed by atoms with Crippen molar-refractivity contribution in [3.8, 4) is 0 Å². The summed E-state index contributed by atoms with van der Waals surface area (Å²) in [6.45, 7) is 5.08. The zero-order chi connectivity index (χ0) is 21.8. The highest BCUT2D eigenvalue weighted by Gasteiger charge is 2.23. The van der Waals surface area contributed by atoms with Gasteiger partial charge in [0.15, 0.2) is 0 Å². The van der Waals surface area contributed by atoms with Crippen molar-refractivity contribution in [3.05, 3.63) is 27.1 Å². The van der Waals surface area contributed by atoms with Crippen molar-refractivity contribution in [2.75, 3.05) is 26.2 Å². The van der Waals surface area contributed by atoms with Gasteiger partial charge in [0, 0.05) is 30.4 Å². The van der Waals surface area contributed by atoms with E-state index in [9.17, 15) is 14.4 Å². The summed E-state index contributed by atoms with van der Waals surface area (Å²) in [7, 11) is 0. The summed E-state index contributed by atoms with van der Waals surface area (Å²) < 4.78 is 1.37. The second-order valence-electron chi connectivity index (χ2n) is 8.40. The van der Waals surface area contributed by atoms with Crippen molar-refractivity contribution in [2.45, 2.75) is 64.5 Å². The molecule has 1 aliphatic heterocycles. The van der Waals surface area contributed by atoms with Gasteiger partial charge < -0.3 is 10.6 Å². The van der Waals surface area contributed by atoms with Crippen molar-refractivity contribution >= 4 is 33.4 Å². The predicted octanol–water partition coefficient (Wildman–Crippen LogP) is 1.44. The van der Waals surface area contributed by atoms with Gasteiger partial charge >= 0.3 is 0 Å². The number of nitrogens with one attached hydrogen (secondary N) is 2. The maximum atomic E-state index is 12.9. The SMILES string of the molecule is CCN1CCC[C@@H]1CNC(=O)CCNC(=O)Cn1cnc2sc3c(c2c1=O)CCCC3. The second kappa shape index (κ2) is 9.91. The van der Waals surface area contributed by atoms with Crippen molar-refractivity contribution < 1.29 is 9.59 Å². The summed E-state index contributed by atoms with van der Waals surface area (Å²) in [5.41, 5.74) is 0.980. The molecule has 2 amide bonds. The van der Waals surface area contributed by atoms with Gasteiger partial charge in [-0.05, 0) is 57.2 Å². The van der Waals surface area contributed by atoms with Gasteiger partial charge in [-0.15, -0.1) is 11.3 Å². The first-order valence-corrected chi connectivity index (χ1v) is 12.2. The lowest BCUT2D eigenvalue weighted by atomic mass is 9.97. The molecule has 2 N–H and O–H groups in total. The van der Waals surface area contributed by atoms with E-state index < -0.39 is 0 Å². The van der Waals surface area contributed by atoms with Gasteiger partial charge in [-0.3, -0.25) is 23.9 Å². The van der Waals surface area contributed by atoms with Gasteiger partial charge in [-0.1, -0.05) is 6.92 Å². The number of likely N-dealkylation sites (tertiary alicyclic amines) is 1. The summed E-state index contributed by atoms with van der Waals surface area (Å²) in [5.74, 6) is -0.346. The van der Waals surface area contributed by atoms with E-state index in [2.05, 4.69) is 27.4 Å². The highest BCUT2D eigenvalue weighted by Crippen LogP contribution is 2.33. The van der Waals surface area contributed by atoms with Gasteiger partial charge in [-0.2, -0.15) is 0 Å². The molecule has 1 saturated heterocycles. The van der Waals surface area contributed by atoms with Crippen LogP contribution in [0.1, 0.15) is 49.5 Å². The first kappa shape index (κ1) is 22.0. The van der Waals surface area contributed by atoms with Crippen LogP contribution < -0.4 is 16.2 Å². The van der Waals surface area contributed by atoms with Crippen LogP contribution in [0.15, 0.2) is 11.1 Å². The molecule has 3 heterocycles. The smallest absolute Gasteiger partial charge is 0.262 e. The molecule has 0 spiro atoms. The third-order valence-corrected chi connectivity index (χ3v) is 7.57. The summed E-state index contributed by atoms with van der Waals surface area (Å²) in [6.07, 6.45) is 8.15. The van der Waals surface area contributed by atoms with Gasteiger partial charge in [0.1, 0.15) is 11.4 Å². The Bertz CT molecular complexity index is 1010. The van der Waals surface area contributed by atoms with Crippen LogP contribution in [-0.2, 0) is 29.0 Å². The number of rotatable bonds is 8. The lowest BCUT2D eigenvalue weighted by Gasteiger charge is -2.22. The normalized spacial score (nSPS) is 18.8. The van der Waals surface area contributed by atoms with Gasteiger partial charge in [0.2, 0.25) is 11.8 Å². The second-order valence-corrected chi connectivity index (χ2v) is 9.48. The molecule has 0 saturated carbocycles. The standard InChI is InChI=1S/C22H31N5O3S/c1-2-26-11-5-6-15(26)12-24-18(28)9-10-23-19(29)13-27-14-25-21-20(22(27)30)16-7-3-4-8-17(16)31-21/h14-15H,2-13H2,1H3,(H,23,29)(H,24,28)/t15-/m1/s1. The first-order valence-electron chi connectivity index (χ1n) is 11.3. The quantitative estimate of drug-likeness (QED) is 0.641. The number of fused-ring (bicyclic) bond motifs is 3. The first-order chi connectivity index (χ1) is 15.1. The minimum atomic E-state index is -0.284. The van der Waals surface area contributed by atoms with E-state index in [0.717, 1.165) is 55.6 Å². The number of carbonyl (C=O) groups is 2. The van der Waals surface area contributed by atoms with E-state index in [1.807, 2.05) is 0 Å². The zero-order valence-corrected chi connectivity index (χ0v) is 18.9. The van der Waals surface area contributed by atoms with E-state index in [4.69, 9.17) is 0 Å². The molecule has 0 aromatic carbocycles. The van der Waals surface area contributed by atoms with Crippen LogP contribution in [0.2, 0.25) is 0 Å². The van der Waals surface area contributed by atoms with E-state index in [1.54, 1.807) is 11.3 Å². The molecule has 0 radical (unpaired) electrons. The van der Waals surface area contributed by atoms with Crippen molar-refractivity contribution in [3.63, 3.8) is 0 Å². The topological polar surface area (TPSA) is 96.3 Å². The van der Waals surface area contributed by atoms with Crippen LogP contribution in [0.3, 0.4) is 0 Å². The third kappa shape index (κ3) is 4.98. The Kier molecular flexibility index (Phi) is 7.02. The lowest BCUT2D eigenvalue weighted by Crippen LogP contribution is -2.41. The molecule has 0 bridgehead atoms. The molecule has 0 unspecified atom stereocenters. The largest absolute Gasteiger partial charge is 0.354 e. The number of carbonyl (C=O) groups excluding carboxylic acids is 2. The Morgan fingerprint density at radius 1 is 1.19 bits per heavy atom. The van der Waals surface area contributed by atoms with Gasteiger partial charge in [0.05, 0.1) is 11.7 Å². The van der Waals surface area contributed by atoms with Gasteiger partial charge in [-0.25, -0.2) is 4.98 Å². The molecule has 2 aromatic heterocycles. The maximum absolute atomic E-state index is 12.9. The van der Waals surface area contributed by atoms with E-state index >= 15 is 0 Å². The number of aromatic nitrogens is 2. The number of hydrogen-bond acceptors (Lipinski definition) is 6. The van der Waals surface area contributed by atoms with Crippen molar-refractivity contribution in [2.24, 2.45) is 0 Å². The molecule has 2 aliphatic rings. The monoisotopic (exact) mass is 445 g/mol. The predicted molar refractivity (Wildman–Crippen MR) is 121 cm³/mol. The number of nitrogens with zero attached hydrogens (tertiary/aromatic N) is 3. The van der Waals surface area contributed by atoms with Crippen LogP contribution in [0.4, 0.5) is 0 Å². The Hall–Kier alpha value is -2.26. The molecule has 1 atom stereocenters. The number of amides is 2. The van der Waals surface area contributed by atoms with E-state index in [-0.39, 0.29) is 36.9 Å². The number of thiophene rings is 1. The van der Waals surface area contributed by atoms with E-state index in [0.29, 0.717) is 18.0 Å². The lowest BCUT2D eigenvalue weighted by molar-refractivity contribution is -0.122. The van der Waals surface area contributed by atoms with Crippen LogP contribution >= 0.6 is 11.3 Å². The molecule has 2 aromatic rings. The fourth-order valence-electron chi connectivity index (χ4n) is 4.68. The molecule has 1 fully saturated rings. The molecular formula is C22H31N5O3S. The van der Waals surface area contributed by atoms with Crippen LogP contribution in [0, 0.1) is 0 Å². The van der Waals surface area contributed by atoms with Crippen LogP contribution in [0.5, 0.6) is 0 Å². The fraction of sp³-hybridized carbons (Fsp3) is 0.636. The minimum absolute atomic E-state index is 0.0617. The van der Waals surface area contributed by atoms with Crippen LogP contribution in [0.25, 0.3) is 10.2 Å². The molecule has 31 heavy (non-hydrogen) atoms. The Balaban J connectivity index is 1.26. The van der Waals surface area contributed by atoms with Crippen molar-refractivity contribution in [1.82, 2.24) is 25.1 Å². The summed E-state index contributed by atoms with van der Waals surface area (Å²) >= 11 is 1.60. The van der Waals surface area contributed by atoms with Crippen LogP contribution in [-0.4, -0.2) is 58.5 Å². The molecule has 9 heteroatoms.